The highest BCUT2D eigenvalue weighted by Gasteiger charge is 2.12. The summed E-state index contributed by atoms with van der Waals surface area (Å²) in [6.07, 6.45) is 2.35. The molecule has 0 fully saturated rings. The molecular formula is C13H17N3O. The molecule has 0 saturated carbocycles. The van der Waals surface area contributed by atoms with Gasteiger partial charge in [-0.1, -0.05) is 0 Å². The third kappa shape index (κ3) is 3.28. The lowest BCUT2D eigenvalue weighted by atomic mass is 10.1. The van der Waals surface area contributed by atoms with E-state index in [9.17, 15) is 4.79 Å². The van der Waals surface area contributed by atoms with Gasteiger partial charge in [0.1, 0.15) is 5.82 Å². The van der Waals surface area contributed by atoms with Crippen molar-refractivity contribution in [3.8, 4) is 6.07 Å². The van der Waals surface area contributed by atoms with Gasteiger partial charge in [0, 0.05) is 24.8 Å². The zero-order chi connectivity index (χ0) is 12.8. The van der Waals surface area contributed by atoms with E-state index in [4.69, 9.17) is 5.26 Å². The number of nitrogens with zero attached hydrogens (tertiary/aromatic N) is 3. The Morgan fingerprint density at radius 3 is 2.82 bits per heavy atom. The minimum atomic E-state index is -0.0399. The normalized spacial score (nSPS) is 11.6. The minimum Gasteiger partial charge on any atom is -0.355 e. The Kier molecular flexibility index (Phi) is 4.65. The monoisotopic (exact) mass is 231 g/mol. The predicted octanol–water partition coefficient (Wildman–Crippen LogP) is 2.19. The fourth-order valence-electron chi connectivity index (χ4n) is 1.72. The summed E-state index contributed by atoms with van der Waals surface area (Å²) in [5.74, 6) is 0.807. The summed E-state index contributed by atoms with van der Waals surface area (Å²) in [5, 5.41) is 8.83. The van der Waals surface area contributed by atoms with Gasteiger partial charge in [0.15, 0.2) is 6.29 Å². The molecule has 0 aromatic carbocycles. The number of pyridine rings is 1. The van der Waals surface area contributed by atoms with Crippen LogP contribution in [0, 0.1) is 24.2 Å². The standard InChI is InChI=1S/C13H17N3O/c1-4-16(8-10(2)6-14)13-11(3)5-12(9-17)7-15-13/h5,7,9-10H,4,8H2,1-3H3. The topological polar surface area (TPSA) is 57.0 Å². The summed E-state index contributed by atoms with van der Waals surface area (Å²) in [6, 6.07) is 4.03. The van der Waals surface area contributed by atoms with Crippen LogP contribution in [-0.2, 0) is 0 Å². The molecule has 1 aromatic heterocycles. The molecular weight excluding hydrogens is 214 g/mol. The third-order valence-electron chi connectivity index (χ3n) is 2.60. The highest BCUT2D eigenvalue weighted by molar-refractivity contribution is 5.75. The number of carbonyl (C=O) groups is 1. The summed E-state index contributed by atoms with van der Waals surface area (Å²) in [7, 11) is 0. The van der Waals surface area contributed by atoms with Crippen LogP contribution in [0.2, 0.25) is 0 Å². The van der Waals surface area contributed by atoms with Crippen molar-refractivity contribution in [3.05, 3.63) is 23.4 Å². The van der Waals surface area contributed by atoms with Crippen molar-refractivity contribution in [1.29, 1.82) is 5.26 Å². The van der Waals surface area contributed by atoms with E-state index in [1.54, 1.807) is 6.20 Å². The number of anilines is 1. The summed E-state index contributed by atoms with van der Waals surface area (Å²) in [6.45, 7) is 7.28. The lowest BCUT2D eigenvalue weighted by Gasteiger charge is -2.24. The zero-order valence-corrected chi connectivity index (χ0v) is 10.5. The van der Waals surface area contributed by atoms with Gasteiger partial charge >= 0.3 is 0 Å². The number of hydrogen-bond acceptors (Lipinski definition) is 4. The maximum Gasteiger partial charge on any atom is 0.151 e. The largest absolute Gasteiger partial charge is 0.355 e. The summed E-state index contributed by atoms with van der Waals surface area (Å²) in [5.41, 5.74) is 1.54. The summed E-state index contributed by atoms with van der Waals surface area (Å²) >= 11 is 0. The Morgan fingerprint density at radius 1 is 1.65 bits per heavy atom. The van der Waals surface area contributed by atoms with Crippen molar-refractivity contribution in [2.24, 2.45) is 5.92 Å². The molecule has 0 N–H and O–H groups in total. The van der Waals surface area contributed by atoms with Crippen LogP contribution in [0.4, 0.5) is 5.82 Å². The van der Waals surface area contributed by atoms with E-state index in [1.807, 2.05) is 26.8 Å². The highest BCUT2D eigenvalue weighted by Crippen LogP contribution is 2.18. The van der Waals surface area contributed by atoms with Crippen molar-refractivity contribution in [2.75, 3.05) is 18.0 Å². The molecule has 17 heavy (non-hydrogen) atoms. The number of nitriles is 1. The van der Waals surface area contributed by atoms with Crippen LogP contribution in [-0.4, -0.2) is 24.4 Å². The fraction of sp³-hybridized carbons (Fsp3) is 0.462. The van der Waals surface area contributed by atoms with Gasteiger partial charge in [-0.15, -0.1) is 0 Å². The highest BCUT2D eigenvalue weighted by atomic mass is 16.1. The first kappa shape index (κ1) is 13.2. The molecule has 1 unspecified atom stereocenters. The maximum absolute atomic E-state index is 10.6. The second kappa shape index (κ2) is 6.00. The van der Waals surface area contributed by atoms with Crippen LogP contribution in [0.3, 0.4) is 0 Å². The number of rotatable bonds is 5. The second-order valence-electron chi connectivity index (χ2n) is 4.10. The maximum atomic E-state index is 10.6. The van der Waals surface area contributed by atoms with Crippen LogP contribution < -0.4 is 4.90 Å². The van der Waals surface area contributed by atoms with E-state index < -0.39 is 0 Å². The number of aldehydes is 1. The molecule has 1 rings (SSSR count). The second-order valence-corrected chi connectivity index (χ2v) is 4.10. The minimum absolute atomic E-state index is 0.0399. The Labute approximate surface area is 102 Å². The van der Waals surface area contributed by atoms with E-state index in [0.717, 1.165) is 24.2 Å². The zero-order valence-electron chi connectivity index (χ0n) is 10.5. The van der Waals surface area contributed by atoms with Crippen molar-refractivity contribution in [2.45, 2.75) is 20.8 Å². The van der Waals surface area contributed by atoms with Gasteiger partial charge in [-0.3, -0.25) is 4.79 Å². The lowest BCUT2D eigenvalue weighted by molar-refractivity contribution is 0.112. The molecule has 1 atom stereocenters. The van der Waals surface area contributed by atoms with Crippen LogP contribution in [0.5, 0.6) is 0 Å². The van der Waals surface area contributed by atoms with Gasteiger partial charge in [0.2, 0.25) is 0 Å². The summed E-state index contributed by atoms with van der Waals surface area (Å²) in [4.78, 5) is 17.0. The molecule has 0 amide bonds. The van der Waals surface area contributed by atoms with Crippen molar-refractivity contribution in [1.82, 2.24) is 4.98 Å². The molecule has 1 heterocycles. The molecule has 90 valence electrons. The average Bonchev–Trinajstić information content (AvgIpc) is 2.35. The molecule has 0 spiro atoms. The van der Waals surface area contributed by atoms with E-state index >= 15 is 0 Å². The first-order valence-corrected chi connectivity index (χ1v) is 5.68. The molecule has 4 heteroatoms. The Balaban J connectivity index is 2.96. The van der Waals surface area contributed by atoms with E-state index in [1.165, 1.54) is 0 Å². The number of carbonyl (C=O) groups excluding carboxylic acids is 1. The van der Waals surface area contributed by atoms with Gasteiger partial charge < -0.3 is 4.90 Å². The lowest BCUT2D eigenvalue weighted by Crippen LogP contribution is -2.29. The van der Waals surface area contributed by atoms with Gasteiger partial charge in [-0.25, -0.2) is 4.98 Å². The fourth-order valence-corrected chi connectivity index (χ4v) is 1.72. The van der Waals surface area contributed by atoms with Crippen LogP contribution in [0.25, 0.3) is 0 Å². The van der Waals surface area contributed by atoms with Crippen LogP contribution in [0.15, 0.2) is 12.3 Å². The molecule has 4 nitrogen and oxygen atoms in total. The number of aryl methyl sites for hydroxylation is 1. The third-order valence-corrected chi connectivity index (χ3v) is 2.60. The van der Waals surface area contributed by atoms with Crippen molar-refractivity contribution in [3.63, 3.8) is 0 Å². The molecule has 0 aliphatic rings. The molecule has 0 aliphatic carbocycles. The molecule has 0 saturated heterocycles. The predicted molar refractivity (Wildman–Crippen MR) is 67.0 cm³/mol. The Morgan fingerprint density at radius 2 is 2.35 bits per heavy atom. The van der Waals surface area contributed by atoms with Gasteiger partial charge in [0.25, 0.3) is 0 Å². The van der Waals surface area contributed by atoms with Crippen molar-refractivity contribution < 1.29 is 4.79 Å². The first-order valence-electron chi connectivity index (χ1n) is 5.68. The van der Waals surface area contributed by atoms with E-state index in [-0.39, 0.29) is 5.92 Å². The quantitative estimate of drug-likeness (QED) is 0.729. The summed E-state index contributed by atoms with van der Waals surface area (Å²) < 4.78 is 0. The molecule has 0 bridgehead atoms. The Hall–Kier alpha value is -1.89. The van der Waals surface area contributed by atoms with Crippen LogP contribution >= 0.6 is 0 Å². The SMILES string of the molecule is CCN(CC(C)C#N)c1ncc(C=O)cc1C. The van der Waals surface area contributed by atoms with E-state index in [2.05, 4.69) is 16.0 Å². The number of hydrogen-bond donors (Lipinski definition) is 0. The smallest absolute Gasteiger partial charge is 0.151 e. The number of aromatic nitrogens is 1. The van der Waals surface area contributed by atoms with E-state index in [0.29, 0.717) is 12.1 Å². The molecule has 0 radical (unpaired) electrons. The average molecular weight is 231 g/mol. The molecule has 1 aromatic rings. The Bertz CT molecular complexity index is 437. The van der Waals surface area contributed by atoms with Crippen LogP contribution in [0.1, 0.15) is 29.8 Å². The first-order chi connectivity index (χ1) is 8.12. The molecule has 0 aliphatic heterocycles. The van der Waals surface area contributed by atoms with Crippen molar-refractivity contribution >= 4 is 12.1 Å². The van der Waals surface area contributed by atoms with Gasteiger partial charge in [-0.05, 0) is 32.4 Å². The van der Waals surface area contributed by atoms with Gasteiger partial charge in [-0.2, -0.15) is 5.26 Å². The van der Waals surface area contributed by atoms with Gasteiger partial charge in [0.05, 0.1) is 12.0 Å².